The van der Waals surface area contributed by atoms with Gasteiger partial charge in [0.05, 0.1) is 21.5 Å². The third kappa shape index (κ3) is 3.82. The number of aromatic nitrogens is 2. The smallest absolute Gasteiger partial charge is 0.306 e. The number of nitrogens with one attached hydrogen (secondary N) is 2. The van der Waals surface area contributed by atoms with E-state index in [9.17, 15) is 26.4 Å². The van der Waals surface area contributed by atoms with Gasteiger partial charge in [0.15, 0.2) is 0 Å². The predicted molar refractivity (Wildman–Crippen MR) is 101 cm³/mol. The summed E-state index contributed by atoms with van der Waals surface area (Å²) < 4.78 is 65.6. The van der Waals surface area contributed by atoms with Gasteiger partial charge in [-0.1, -0.05) is 12.1 Å². The van der Waals surface area contributed by atoms with Crippen molar-refractivity contribution in [2.75, 3.05) is 13.1 Å². The first-order valence-corrected chi connectivity index (χ1v) is 10.5. The van der Waals surface area contributed by atoms with Crippen LogP contribution in [0.1, 0.15) is 29.9 Å². The Morgan fingerprint density at radius 3 is 2.34 bits per heavy atom. The quantitative estimate of drug-likeness (QED) is 0.674. The number of hydrogen-bond acceptors (Lipinski definition) is 3. The molecule has 0 atom stereocenters. The summed E-state index contributed by atoms with van der Waals surface area (Å²) in [5, 5.41) is 0. The van der Waals surface area contributed by atoms with Crippen molar-refractivity contribution in [2.45, 2.75) is 29.8 Å². The van der Waals surface area contributed by atoms with Crippen LogP contribution in [0.15, 0.2) is 52.2 Å². The second kappa shape index (κ2) is 7.03. The molecule has 2 N–H and O–H groups in total. The molecule has 1 aliphatic rings. The highest BCUT2D eigenvalue weighted by Crippen LogP contribution is 2.34. The van der Waals surface area contributed by atoms with E-state index in [1.54, 1.807) is 6.07 Å². The van der Waals surface area contributed by atoms with E-state index >= 15 is 0 Å². The normalized spacial score (nSPS) is 17.1. The average molecular weight is 425 g/mol. The van der Waals surface area contributed by atoms with E-state index in [-0.39, 0.29) is 29.6 Å². The van der Waals surface area contributed by atoms with Crippen LogP contribution in [0, 0.1) is 0 Å². The Morgan fingerprint density at radius 1 is 0.966 bits per heavy atom. The maximum absolute atomic E-state index is 12.9. The molecule has 154 valence electrons. The van der Waals surface area contributed by atoms with E-state index in [0.717, 1.165) is 17.7 Å². The number of fused-ring (bicyclic) bond motifs is 1. The minimum absolute atomic E-state index is 0.103. The van der Waals surface area contributed by atoms with E-state index in [4.69, 9.17) is 0 Å². The molecule has 0 aliphatic carbocycles. The molecule has 6 nitrogen and oxygen atoms in total. The molecule has 0 radical (unpaired) electrons. The first kappa shape index (κ1) is 19.7. The monoisotopic (exact) mass is 425 g/mol. The van der Waals surface area contributed by atoms with Gasteiger partial charge in [0.2, 0.25) is 10.0 Å². The highest BCUT2D eigenvalue weighted by Gasteiger charge is 2.34. The molecule has 2 aromatic carbocycles. The Hall–Kier alpha value is -2.59. The molecule has 0 saturated carbocycles. The second-order valence-corrected chi connectivity index (χ2v) is 9.03. The van der Waals surface area contributed by atoms with Crippen LogP contribution in [-0.4, -0.2) is 35.8 Å². The van der Waals surface area contributed by atoms with E-state index in [2.05, 4.69) is 9.97 Å². The van der Waals surface area contributed by atoms with Gasteiger partial charge in [-0.2, -0.15) is 17.5 Å². The van der Waals surface area contributed by atoms with Crippen LogP contribution in [0.3, 0.4) is 0 Å². The number of H-pyrrole nitrogens is 2. The fraction of sp³-hybridized carbons (Fsp3) is 0.316. The molecule has 0 bridgehead atoms. The van der Waals surface area contributed by atoms with Crippen LogP contribution in [0.4, 0.5) is 13.2 Å². The molecule has 2 heterocycles. The first-order valence-electron chi connectivity index (χ1n) is 9.04. The van der Waals surface area contributed by atoms with Crippen molar-refractivity contribution in [1.29, 1.82) is 0 Å². The zero-order valence-corrected chi connectivity index (χ0v) is 16.0. The van der Waals surface area contributed by atoms with Gasteiger partial charge in [0, 0.05) is 13.1 Å². The van der Waals surface area contributed by atoms with Crippen LogP contribution in [0.25, 0.3) is 11.0 Å². The van der Waals surface area contributed by atoms with Crippen LogP contribution >= 0.6 is 0 Å². The largest absolute Gasteiger partial charge is 0.416 e. The van der Waals surface area contributed by atoms with Gasteiger partial charge in [-0.25, -0.2) is 13.2 Å². The number of nitrogens with zero attached hydrogens (tertiary/aromatic N) is 1. The average Bonchev–Trinajstić information content (AvgIpc) is 3.06. The van der Waals surface area contributed by atoms with Gasteiger partial charge in [0.1, 0.15) is 0 Å². The Labute approximate surface area is 164 Å². The number of benzene rings is 2. The number of piperidine rings is 1. The molecule has 4 rings (SSSR count). The van der Waals surface area contributed by atoms with Crippen LogP contribution in [0.2, 0.25) is 0 Å². The molecule has 0 unspecified atom stereocenters. The van der Waals surface area contributed by atoms with Crippen molar-refractivity contribution < 1.29 is 21.6 Å². The van der Waals surface area contributed by atoms with Crippen molar-refractivity contribution in [2.24, 2.45) is 0 Å². The summed E-state index contributed by atoms with van der Waals surface area (Å²) in [6, 6.07) is 9.39. The van der Waals surface area contributed by atoms with Crippen molar-refractivity contribution in [3.8, 4) is 0 Å². The van der Waals surface area contributed by atoms with E-state index in [1.165, 1.54) is 10.4 Å². The van der Waals surface area contributed by atoms with Crippen molar-refractivity contribution in [3.05, 3.63) is 64.1 Å². The van der Waals surface area contributed by atoms with Crippen molar-refractivity contribution >= 4 is 21.1 Å². The van der Waals surface area contributed by atoms with Crippen molar-refractivity contribution in [3.63, 3.8) is 0 Å². The van der Waals surface area contributed by atoms with Gasteiger partial charge in [0.25, 0.3) is 0 Å². The number of halogens is 3. The molecular formula is C19H18F3N3O3S. The molecule has 1 fully saturated rings. The zero-order valence-electron chi connectivity index (χ0n) is 15.2. The molecule has 29 heavy (non-hydrogen) atoms. The SMILES string of the molecule is O=c1[nH]c2ccc(C3CCN(S(=O)(=O)c4cccc(C(F)(F)F)c4)CC3)cc2[nH]1. The van der Waals surface area contributed by atoms with Gasteiger partial charge in [-0.3, -0.25) is 0 Å². The number of hydrogen-bond donors (Lipinski definition) is 2. The summed E-state index contributed by atoms with van der Waals surface area (Å²) in [5.41, 5.74) is 1.10. The third-order valence-electron chi connectivity index (χ3n) is 5.26. The highest BCUT2D eigenvalue weighted by atomic mass is 32.2. The van der Waals surface area contributed by atoms with Gasteiger partial charge in [-0.05, 0) is 54.7 Å². The van der Waals surface area contributed by atoms with Crippen LogP contribution < -0.4 is 5.69 Å². The number of imidazole rings is 1. The molecule has 0 spiro atoms. The number of aromatic amines is 2. The maximum atomic E-state index is 12.9. The third-order valence-corrected chi connectivity index (χ3v) is 7.16. The van der Waals surface area contributed by atoms with E-state index in [0.29, 0.717) is 29.9 Å². The zero-order chi connectivity index (χ0) is 20.8. The van der Waals surface area contributed by atoms with E-state index < -0.39 is 21.8 Å². The fourth-order valence-electron chi connectivity index (χ4n) is 3.72. The topological polar surface area (TPSA) is 86.0 Å². The molecule has 1 saturated heterocycles. The molecule has 1 aliphatic heterocycles. The number of alkyl halides is 3. The summed E-state index contributed by atoms with van der Waals surface area (Å²) in [6.07, 6.45) is -3.52. The molecule has 1 aromatic heterocycles. The highest BCUT2D eigenvalue weighted by molar-refractivity contribution is 7.89. The molecule has 10 heteroatoms. The number of rotatable bonds is 3. The fourth-order valence-corrected chi connectivity index (χ4v) is 5.23. The van der Waals surface area contributed by atoms with Gasteiger partial charge >= 0.3 is 11.9 Å². The lowest BCUT2D eigenvalue weighted by atomic mass is 9.90. The molecule has 0 amide bonds. The van der Waals surface area contributed by atoms with Gasteiger partial charge < -0.3 is 9.97 Å². The van der Waals surface area contributed by atoms with Crippen LogP contribution in [-0.2, 0) is 16.2 Å². The lowest BCUT2D eigenvalue weighted by molar-refractivity contribution is -0.137. The molecular weight excluding hydrogens is 407 g/mol. The van der Waals surface area contributed by atoms with Crippen LogP contribution in [0.5, 0.6) is 0 Å². The van der Waals surface area contributed by atoms with E-state index in [1.807, 2.05) is 12.1 Å². The Bertz CT molecular complexity index is 1210. The number of sulfonamides is 1. The summed E-state index contributed by atoms with van der Waals surface area (Å²) in [5.74, 6) is 0.103. The second-order valence-electron chi connectivity index (χ2n) is 7.09. The summed E-state index contributed by atoms with van der Waals surface area (Å²) in [7, 11) is -4.00. The Kier molecular flexibility index (Phi) is 4.78. The summed E-state index contributed by atoms with van der Waals surface area (Å²) in [4.78, 5) is 16.4. The minimum Gasteiger partial charge on any atom is -0.306 e. The van der Waals surface area contributed by atoms with Crippen molar-refractivity contribution in [1.82, 2.24) is 14.3 Å². The summed E-state index contributed by atoms with van der Waals surface area (Å²) >= 11 is 0. The maximum Gasteiger partial charge on any atom is 0.416 e. The first-order chi connectivity index (χ1) is 13.6. The lowest BCUT2D eigenvalue weighted by Gasteiger charge is -2.31. The molecule has 3 aromatic rings. The minimum atomic E-state index is -4.60. The summed E-state index contributed by atoms with van der Waals surface area (Å²) in [6.45, 7) is 0.426. The predicted octanol–water partition coefficient (Wildman–Crippen LogP) is 3.44. The lowest BCUT2D eigenvalue weighted by Crippen LogP contribution is -2.38. The standard InChI is InChI=1S/C19H18F3N3O3S/c20-19(21,22)14-2-1-3-15(11-14)29(27,28)25-8-6-12(7-9-25)13-4-5-16-17(10-13)24-18(26)23-16/h1-5,10-12H,6-9H2,(H2,23,24,26). The Balaban J connectivity index is 1.51. The van der Waals surface area contributed by atoms with Gasteiger partial charge in [-0.15, -0.1) is 0 Å². The Morgan fingerprint density at radius 2 is 1.66 bits per heavy atom.